The minimum Gasteiger partial charge on any atom is -0.366 e. The molecule has 1 fully saturated rings. The summed E-state index contributed by atoms with van der Waals surface area (Å²) in [5.41, 5.74) is 2.85. The zero-order chi connectivity index (χ0) is 21.9. The zero-order valence-corrected chi connectivity index (χ0v) is 19.8. The molecule has 0 bridgehead atoms. The fourth-order valence-corrected chi connectivity index (χ4v) is 5.15. The predicted octanol–water partition coefficient (Wildman–Crippen LogP) is 4.51. The highest BCUT2D eigenvalue weighted by atomic mass is 79.9. The molecule has 4 aromatic rings. The number of likely N-dealkylation sites (tertiary alicyclic amines) is 1. The molecule has 0 aromatic carbocycles. The Morgan fingerprint density at radius 2 is 2.22 bits per heavy atom. The molecule has 4 aromatic heterocycles. The number of carbonyl (C=O) groups excluding carboxylic acids is 1. The molecule has 1 unspecified atom stereocenters. The predicted molar refractivity (Wildman–Crippen MR) is 129 cm³/mol. The maximum atomic E-state index is 12.9. The van der Waals surface area contributed by atoms with Crippen molar-refractivity contribution < 1.29 is 4.79 Å². The molecule has 1 atom stereocenters. The van der Waals surface area contributed by atoms with Crippen LogP contribution in [0.15, 0.2) is 58.8 Å². The molecule has 1 aliphatic heterocycles. The first-order valence-corrected chi connectivity index (χ1v) is 12.3. The van der Waals surface area contributed by atoms with Crippen LogP contribution in [0.4, 0.5) is 5.82 Å². The summed E-state index contributed by atoms with van der Waals surface area (Å²) >= 11 is 5.21. The summed E-state index contributed by atoms with van der Waals surface area (Å²) in [7, 11) is 0. The van der Waals surface area contributed by atoms with Gasteiger partial charge in [0.05, 0.1) is 22.8 Å². The number of carbonyl (C=O) groups is 1. The molecule has 1 saturated heterocycles. The van der Waals surface area contributed by atoms with E-state index in [9.17, 15) is 4.79 Å². The Kier molecular flexibility index (Phi) is 6.18. The number of nitrogens with zero attached hydrogens (tertiary/aromatic N) is 5. The normalized spacial score (nSPS) is 16.4. The van der Waals surface area contributed by atoms with Crippen LogP contribution in [0, 0.1) is 0 Å². The van der Waals surface area contributed by atoms with E-state index < -0.39 is 0 Å². The second-order valence-electron chi connectivity index (χ2n) is 7.94. The van der Waals surface area contributed by atoms with Gasteiger partial charge in [-0.05, 0) is 51.8 Å². The number of aromatic nitrogens is 4. The molecule has 5 heterocycles. The summed E-state index contributed by atoms with van der Waals surface area (Å²) < 4.78 is 2.66. The molecule has 1 amide bonds. The average Bonchev–Trinajstić information content (AvgIpc) is 3.48. The number of anilines is 1. The lowest BCUT2D eigenvalue weighted by atomic mass is 9.94. The van der Waals surface area contributed by atoms with Crippen molar-refractivity contribution in [2.75, 3.05) is 18.4 Å². The molecular weight excluding hydrogens is 488 g/mol. The van der Waals surface area contributed by atoms with Crippen LogP contribution in [-0.4, -0.2) is 43.5 Å². The van der Waals surface area contributed by atoms with Gasteiger partial charge in [-0.15, -0.1) is 11.3 Å². The molecular formula is C23H23BrN6OS. The van der Waals surface area contributed by atoms with Crippen LogP contribution >= 0.6 is 27.3 Å². The summed E-state index contributed by atoms with van der Waals surface area (Å²) in [4.78, 5) is 25.1. The number of rotatable bonds is 6. The van der Waals surface area contributed by atoms with Gasteiger partial charge in [-0.1, -0.05) is 12.1 Å². The Hall–Kier alpha value is -2.78. The zero-order valence-electron chi connectivity index (χ0n) is 17.4. The summed E-state index contributed by atoms with van der Waals surface area (Å²) in [5.74, 6) is 1.27. The van der Waals surface area contributed by atoms with E-state index in [1.54, 1.807) is 23.7 Å². The minimum atomic E-state index is 0.193. The molecule has 1 aliphatic rings. The quantitative estimate of drug-likeness (QED) is 0.413. The third kappa shape index (κ3) is 4.54. The van der Waals surface area contributed by atoms with Crippen molar-refractivity contribution in [3.8, 4) is 0 Å². The fraction of sp³-hybridized carbons (Fsp3) is 0.304. The lowest BCUT2D eigenvalue weighted by molar-refractivity contribution is -0.131. The van der Waals surface area contributed by atoms with Gasteiger partial charge < -0.3 is 10.2 Å². The van der Waals surface area contributed by atoms with E-state index in [-0.39, 0.29) is 11.8 Å². The highest BCUT2D eigenvalue weighted by Crippen LogP contribution is 2.30. The largest absolute Gasteiger partial charge is 0.366 e. The van der Waals surface area contributed by atoms with E-state index in [2.05, 4.69) is 37.4 Å². The molecule has 32 heavy (non-hydrogen) atoms. The van der Waals surface area contributed by atoms with Crippen LogP contribution in [0.3, 0.4) is 0 Å². The highest BCUT2D eigenvalue weighted by molar-refractivity contribution is 9.10. The number of thiophene rings is 1. The fourth-order valence-electron chi connectivity index (χ4n) is 4.10. The second-order valence-corrected chi connectivity index (χ2v) is 9.83. The molecule has 9 heteroatoms. The maximum Gasteiger partial charge on any atom is 0.227 e. The number of amides is 1. The lowest BCUT2D eigenvalue weighted by Gasteiger charge is -2.32. The van der Waals surface area contributed by atoms with Crippen LogP contribution in [0.2, 0.25) is 0 Å². The van der Waals surface area contributed by atoms with Crippen molar-refractivity contribution >= 4 is 44.6 Å². The van der Waals surface area contributed by atoms with E-state index in [0.29, 0.717) is 19.5 Å². The second kappa shape index (κ2) is 9.38. The molecule has 0 spiro atoms. The minimum absolute atomic E-state index is 0.193. The standard InChI is InChI=1S/C23H23BrN6OS/c24-19-14-27-30-21(26-13-16-4-1-7-25-12-16)11-20(28-23(19)30)17-5-2-8-29(15-17)22(31)10-18-6-3-9-32-18/h1,3-4,6-7,9,11-12,14,17,26H,2,5,8,10,13,15H2. The number of fused-ring (bicyclic) bond motifs is 1. The molecule has 0 aliphatic carbocycles. The smallest absolute Gasteiger partial charge is 0.227 e. The average molecular weight is 511 g/mol. The summed E-state index contributed by atoms with van der Waals surface area (Å²) in [6.07, 6.45) is 7.85. The van der Waals surface area contributed by atoms with E-state index in [0.717, 1.165) is 51.5 Å². The first-order valence-electron chi connectivity index (χ1n) is 10.6. The molecule has 0 radical (unpaired) electrons. The van der Waals surface area contributed by atoms with Crippen LogP contribution in [0.1, 0.15) is 34.9 Å². The number of pyridine rings is 1. The summed E-state index contributed by atoms with van der Waals surface area (Å²) in [6.45, 7) is 2.15. The molecule has 1 N–H and O–H groups in total. The van der Waals surface area contributed by atoms with Gasteiger partial charge in [0.2, 0.25) is 5.91 Å². The van der Waals surface area contributed by atoms with E-state index in [1.165, 1.54) is 0 Å². The van der Waals surface area contributed by atoms with Gasteiger partial charge in [-0.3, -0.25) is 9.78 Å². The lowest BCUT2D eigenvalue weighted by Crippen LogP contribution is -2.40. The molecule has 164 valence electrons. The first-order chi connectivity index (χ1) is 15.7. The Morgan fingerprint density at radius 1 is 1.28 bits per heavy atom. The summed E-state index contributed by atoms with van der Waals surface area (Å²) in [5, 5.41) is 9.97. The molecule has 5 rings (SSSR count). The van der Waals surface area contributed by atoms with E-state index in [4.69, 9.17) is 4.98 Å². The SMILES string of the molecule is O=C(Cc1cccs1)N1CCCC(c2cc(NCc3cccnc3)n3ncc(Br)c3n2)C1. The van der Waals surface area contributed by atoms with Gasteiger partial charge in [0.15, 0.2) is 5.65 Å². The van der Waals surface area contributed by atoms with Crippen molar-refractivity contribution in [1.82, 2.24) is 24.5 Å². The van der Waals surface area contributed by atoms with Gasteiger partial charge in [0.1, 0.15) is 5.82 Å². The van der Waals surface area contributed by atoms with Gasteiger partial charge >= 0.3 is 0 Å². The summed E-state index contributed by atoms with van der Waals surface area (Å²) in [6, 6.07) is 10.1. The number of hydrogen-bond donors (Lipinski definition) is 1. The van der Waals surface area contributed by atoms with Gasteiger partial charge in [0, 0.05) is 48.9 Å². The van der Waals surface area contributed by atoms with Crippen LogP contribution in [0.5, 0.6) is 0 Å². The topological polar surface area (TPSA) is 75.4 Å². The third-order valence-electron chi connectivity index (χ3n) is 5.74. The number of halogens is 1. The van der Waals surface area contributed by atoms with Crippen LogP contribution < -0.4 is 5.32 Å². The third-order valence-corrected chi connectivity index (χ3v) is 7.18. The Bertz CT molecular complexity index is 1210. The van der Waals surface area contributed by atoms with Gasteiger partial charge in [-0.25, -0.2) is 4.98 Å². The van der Waals surface area contributed by atoms with Crippen LogP contribution in [0.25, 0.3) is 5.65 Å². The molecule has 7 nitrogen and oxygen atoms in total. The van der Waals surface area contributed by atoms with Crippen LogP contribution in [-0.2, 0) is 17.8 Å². The van der Waals surface area contributed by atoms with Gasteiger partial charge in [0.25, 0.3) is 0 Å². The Balaban J connectivity index is 1.38. The monoisotopic (exact) mass is 510 g/mol. The van der Waals surface area contributed by atoms with E-state index in [1.807, 2.05) is 45.3 Å². The van der Waals surface area contributed by atoms with Crippen molar-refractivity contribution in [3.63, 3.8) is 0 Å². The maximum absolute atomic E-state index is 12.9. The van der Waals surface area contributed by atoms with Crippen molar-refractivity contribution in [2.24, 2.45) is 0 Å². The number of hydrogen-bond acceptors (Lipinski definition) is 6. The van der Waals surface area contributed by atoms with E-state index >= 15 is 0 Å². The van der Waals surface area contributed by atoms with Crippen molar-refractivity contribution in [2.45, 2.75) is 31.7 Å². The molecule has 0 saturated carbocycles. The Labute approximate surface area is 198 Å². The number of nitrogens with one attached hydrogen (secondary N) is 1. The van der Waals surface area contributed by atoms with Crippen molar-refractivity contribution in [3.05, 3.63) is 74.9 Å². The Morgan fingerprint density at radius 3 is 3.03 bits per heavy atom. The first kappa shape index (κ1) is 21.1. The highest BCUT2D eigenvalue weighted by Gasteiger charge is 2.27. The van der Waals surface area contributed by atoms with Crippen molar-refractivity contribution in [1.29, 1.82) is 0 Å². The number of piperidine rings is 1. The van der Waals surface area contributed by atoms with Gasteiger partial charge in [-0.2, -0.15) is 9.61 Å².